The van der Waals surface area contributed by atoms with Crippen LogP contribution in [0.15, 0.2) is 30.3 Å². The fourth-order valence-electron chi connectivity index (χ4n) is 3.55. The summed E-state index contributed by atoms with van der Waals surface area (Å²) in [5, 5.41) is 9.66. The molecular formula is C18H22N2O4S. The molecule has 2 fully saturated rings. The Hall–Kier alpha value is -1.86. The molecule has 0 radical (unpaired) electrons. The van der Waals surface area contributed by atoms with E-state index in [4.69, 9.17) is 0 Å². The Bertz CT molecular complexity index is 650. The summed E-state index contributed by atoms with van der Waals surface area (Å²) in [5.74, 6) is -0.423. The van der Waals surface area contributed by atoms with Crippen LogP contribution in [0.2, 0.25) is 0 Å². The summed E-state index contributed by atoms with van der Waals surface area (Å²) in [4.78, 5) is 38.7. The second-order valence-electron chi connectivity index (χ2n) is 6.77. The molecule has 0 spiro atoms. The number of likely N-dealkylation sites (tertiary alicyclic amines) is 1. The lowest BCUT2D eigenvalue weighted by atomic mass is 9.75. The summed E-state index contributed by atoms with van der Waals surface area (Å²) >= 11 is 0.935. The summed E-state index contributed by atoms with van der Waals surface area (Å²) < 4.78 is 0. The number of carbonyl (C=O) groups is 3. The molecule has 0 aromatic heterocycles. The van der Waals surface area contributed by atoms with Crippen molar-refractivity contribution in [2.75, 3.05) is 32.0 Å². The van der Waals surface area contributed by atoms with Crippen LogP contribution in [0.1, 0.15) is 18.4 Å². The number of amides is 3. The molecule has 6 nitrogen and oxygen atoms in total. The van der Waals surface area contributed by atoms with Crippen molar-refractivity contribution in [3.63, 3.8) is 0 Å². The van der Waals surface area contributed by atoms with E-state index in [0.717, 1.165) is 35.1 Å². The van der Waals surface area contributed by atoms with Gasteiger partial charge < -0.3 is 10.0 Å². The van der Waals surface area contributed by atoms with Gasteiger partial charge in [-0.1, -0.05) is 42.1 Å². The van der Waals surface area contributed by atoms with Gasteiger partial charge in [0.1, 0.15) is 6.54 Å². The Morgan fingerprint density at radius 2 is 2.00 bits per heavy atom. The number of imide groups is 1. The highest BCUT2D eigenvalue weighted by Gasteiger charge is 2.39. The molecule has 25 heavy (non-hydrogen) atoms. The molecule has 1 atom stereocenters. The van der Waals surface area contributed by atoms with Gasteiger partial charge in [-0.15, -0.1) is 0 Å². The number of benzene rings is 1. The van der Waals surface area contributed by atoms with Crippen molar-refractivity contribution < 1.29 is 19.5 Å². The second-order valence-corrected chi connectivity index (χ2v) is 7.70. The van der Waals surface area contributed by atoms with Gasteiger partial charge in [-0.25, -0.2) is 0 Å². The molecular weight excluding hydrogens is 340 g/mol. The Morgan fingerprint density at radius 3 is 2.64 bits per heavy atom. The number of hydrogen-bond donors (Lipinski definition) is 1. The zero-order valence-electron chi connectivity index (χ0n) is 14.0. The van der Waals surface area contributed by atoms with Crippen molar-refractivity contribution in [3.05, 3.63) is 35.9 Å². The van der Waals surface area contributed by atoms with Gasteiger partial charge in [-0.3, -0.25) is 19.3 Å². The number of aliphatic hydroxyl groups excluding tert-OH is 1. The van der Waals surface area contributed by atoms with Crippen LogP contribution in [0.25, 0.3) is 0 Å². The maximum atomic E-state index is 12.6. The molecule has 3 rings (SSSR count). The molecule has 1 N–H and O–H groups in total. The monoisotopic (exact) mass is 362 g/mol. The first-order chi connectivity index (χ1) is 12.0. The molecule has 2 aliphatic heterocycles. The van der Waals surface area contributed by atoms with E-state index in [1.165, 1.54) is 0 Å². The summed E-state index contributed by atoms with van der Waals surface area (Å²) in [7, 11) is 0. The summed E-state index contributed by atoms with van der Waals surface area (Å²) in [6, 6.07) is 9.94. The van der Waals surface area contributed by atoms with Crippen LogP contribution in [0.5, 0.6) is 0 Å². The molecule has 1 unspecified atom stereocenters. The Morgan fingerprint density at radius 1 is 1.24 bits per heavy atom. The molecule has 0 aliphatic carbocycles. The summed E-state index contributed by atoms with van der Waals surface area (Å²) in [6.07, 6.45) is 2.35. The van der Waals surface area contributed by atoms with Crippen LogP contribution in [0, 0.1) is 5.41 Å². The normalized spacial score (nSPS) is 24.0. The van der Waals surface area contributed by atoms with E-state index >= 15 is 0 Å². The number of piperidine rings is 1. The van der Waals surface area contributed by atoms with Gasteiger partial charge in [0.25, 0.3) is 5.24 Å². The summed E-state index contributed by atoms with van der Waals surface area (Å²) in [5.41, 5.74) is 0.760. The Kier molecular flexibility index (Phi) is 5.44. The van der Waals surface area contributed by atoms with Crippen LogP contribution in [0.4, 0.5) is 4.79 Å². The molecule has 134 valence electrons. The molecule has 0 bridgehead atoms. The maximum Gasteiger partial charge on any atom is 0.289 e. The number of aliphatic hydroxyl groups is 1. The van der Waals surface area contributed by atoms with Crippen molar-refractivity contribution in [1.29, 1.82) is 0 Å². The van der Waals surface area contributed by atoms with Gasteiger partial charge in [0.15, 0.2) is 0 Å². The molecule has 1 aromatic rings. The quantitative estimate of drug-likeness (QED) is 0.859. The molecule has 0 saturated carbocycles. The fourth-order valence-corrected chi connectivity index (χ4v) is 4.27. The number of carbonyl (C=O) groups excluding carboxylic acids is 3. The molecule has 2 saturated heterocycles. The average molecular weight is 362 g/mol. The Labute approximate surface area is 151 Å². The van der Waals surface area contributed by atoms with Crippen molar-refractivity contribution in [2.45, 2.75) is 19.3 Å². The minimum atomic E-state index is -0.372. The van der Waals surface area contributed by atoms with Crippen molar-refractivity contribution in [3.8, 4) is 0 Å². The van der Waals surface area contributed by atoms with E-state index in [-0.39, 0.29) is 41.4 Å². The van der Waals surface area contributed by atoms with Crippen LogP contribution < -0.4 is 0 Å². The minimum absolute atomic E-state index is 0.00308. The molecule has 7 heteroatoms. The van der Waals surface area contributed by atoms with Gasteiger partial charge in [0, 0.05) is 18.5 Å². The first-order valence-corrected chi connectivity index (χ1v) is 9.41. The van der Waals surface area contributed by atoms with E-state index in [1.807, 2.05) is 30.3 Å². The first kappa shape index (κ1) is 17.9. The number of hydrogen-bond acceptors (Lipinski definition) is 5. The van der Waals surface area contributed by atoms with Gasteiger partial charge >= 0.3 is 0 Å². The highest BCUT2D eigenvalue weighted by atomic mass is 32.2. The second kappa shape index (κ2) is 7.58. The molecule has 1 aromatic carbocycles. The lowest BCUT2D eigenvalue weighted by molar-refractivity contribution is -0.139. The van der Waals surface area contributed by atoms with E-state index in [9.17, 15) is 19.5 Å². The first-order valence-electron chi connectivity index (χ1n) is 8.43. The predicted molar refractivity (Wildman–Crippen MR) is 95.0 cm³/mol. The number of nitrogens with zero attached hydrogens (tertiary/aromatic N) is 2. The lowest BCUT2D eigenvalue weighted by Gasteiger charge is -2.42. The lowest BCUT2D eigenvalue weighted by Crippen LogP contribution is -2.51. The van der Waals surface area contributed by atoms with Gasteiger partial charge in [-0.2, -0.15) is 0 Å². The van der Waals surface area contributed by atoms with Crippen molar-refractivity contribution in [2.24, 2.45) is 5.41 Å². The molecule has 3 amide bonds. The summed E-state index contributed by atoms with van der Waals surface area (Å²) in [6.45, 7) is 0.847. The van der Waals surface area contributed by atoms with Gasteiger partial charge in [-0.05, 0) is 24.8 Å². The van der Waals surface area contributed by atoms with Gasteiger partial charge in [0.2, 0.25) is 11.8 Å². The Balaban J connectivity index is 1.67. The van der Waals surface area contributed by atoms with E-state index in [2.05, 4.69) is 0 Å². The van der Waals surface area contributed by atoms with E-state index in [0.29, 0.717) is 19.5 Å². The highest BCUT2D eigenvalue weighted by molar-refractivity contribution is 8.14. The predicted octanol–water partition coefficient (Wildman–Crippen LogP) is 1.53. The number of rotatable bonds is 5. The molecule has 2 aliphatic rings. The minimum Gasteiger partial charge on any atom is -0.396 e. The SMILES string of the molecule is O=C(CN1C(=O)CSC1=O)N1CCCC(CO)(Cc2ccccc2)C1. The standard InChI is InChI=1S/C18H22N2O4S/c21-13-18(9-14-5-2-1-3-6-14)7-4-8-19(12-18)15(22)10-20-16(23)11-25-17(20)24/h1-3,5-6,21H,4,7-13H2. The van der Waals surface area contributed by atoms with Crippen molar-refractivity contribution >= 4 is 28.8 Å². The third kappa shape index (κ3) is 4.04. The topological polar surface area (TPSA) is 77.9 Å². The zero-order valence-corrected chi connectivity index (χ0v) is 14.8. The van der Waals surface area contributed by atoms with Crippen LogP contribution in [0.3, 0.4) is 0 Å². The highest BCUT2D eigenvalue weighted by Crippen LogP contribution is 2.33. The number of thioether (sulfide) groups is 1. The van der Waals surface area contributed by atoms with E-state index in [1.54, 1.807) is 4.90 Å². The average Bonchev–Trinajstić information content (AvgIpc) is 2.94. The smallest absolute Gasteiger partial charge is 0.289 e. The van der Waals surface area contributed by atoms with Crippen LogP contribution in [-0.4, -0.2) is 64.0 Å². The fraction of sp³-hybridized carbons (Fsp3) is 0.500. The van der Waals surface area contributed by atoms with Gasteiger partial charge in [0.05, 0.1) is 12.4 Å². The molecule has 2 heterocycles. The zero-order chi connectivity index (χ0) is 17.9. The van der Waals surface area contributed by atoms with Crippen LogP contribution >= 0.6 is 11.8 Å². The largest absolute Gasteiger partial charge is 0.396 e. The van der Waals surface area contributed by atoms with E-state index < -0.39 is 0 Å². The third-order valence-electron chi connectivity index (χ3n) is 4.91. The van der Waals surface area contributed by atoms with Crippen LogP contribution in [-0.2, 0) is 16.0 Å². The van der Waals surface area contributed by atoms with Crippen molar-refractivity contribution in [1.82, 2.24) is 9.80 Å². The third-order valence-corrected chi connectivity index (χ3v) is 5.76. The maximum absolute atomic E-state index is 12.6.